The van der Waals surface area contributed by atoms with E-state index in [1.807, 2.05) is 13.8 Å². The molecule has 0 bridgehead atoms. The lowest BCUT2D eigenvalue weighted by molar-refractivity contribution is -0.388. The molecule has 0 fully saturated rings. The van der Waals surface area contributed by atoms with Crippen LogP contribution in [0.3, 0.4) is 0 Å². The van der Waals surface area contributed by atoms with E-state index in [1.54, 1.807) is 0 Å². The Morgan fingerprint density at radius 2 is 2.40 bits per heavy atom. The Bertz CT molecular complexity index is 375. The summed E-state index contributed by atoms with van der Waals surface area (Å²) < 4.78 is 0. The van der Waals surface area contributed by atoms with Gasteiger partial charge in [0.15, 0.2) is 5.03 Å². The van der Waals surface area contributed by atoms with Crippen LogP contribution in [0.4, 0.5) is 5.69 Å². The zero-order chi connectivity index (χ0) is 11.4. The van der Waals surface area contributed by atoms with Crippen molar-refractivity contribution in [2.45, 2.75) is 30.5 Å². The highest BCUT2D eigenvalue weighted by atomic mass is 35.5. The van der Waals surface area contributed by atoms with E-state index in [2.05, 4.69) is 9.97 Å². The third-order valence-corrected chi connectivity index (χ3v) is 3.23. The largest absolute Gasteiger partial charge is 0.319 e. The van der Waals surface area contributed by atoms with E-state index in [1.165, 1.54) is 11.8 Å². The molecule has 0 radical (unpaired) electrons. The van der Waals surface area contributed by atoms with Crippen LogP contribution >= 0.6 is 23.4 Å². The van der Waals surface area contributed by atoms with Crippen LogP contribution < -0.4 is 0 Å². The molecule has 0 spiro atoms. The van der Waals surface area contributed by atoms with E-state index in [-0.39, 0.29) is 16.2 Å². The van der Waals surface area contributed by atoms with Gasteiger partial charge in [0.2, 0.25) is 5.28 Å². The molecule has 1 heterocycles. The molecule has 7 heteroatoms. The van der Waals surface area contributed by atoms with Crippen LogP contribution in [0, 0.1) is 10.1 Å². The third-order valence-electron chi connectivity index (χ3n) is 1.79. The van der Waals surface area contributed by atoms with Gasteiger partial charge in [-0.25, -0.2) is 9.97 Å². The highest BCUT2D eigenvalue weighted by molar-refractivity contribution is 8.00. The summed E-state index contributed by atoms with van der Waals surface area (Å²) >= 11 is 6.93. The van der Waals surface area contributed by atoms with Crippen molar-refractivity contribution in [1.29, 1.82) is 0 Å². The summed E-state index contributed by atoms with van der Waals surface area (Å²) in [7, 11) is 0. The normalized spacial score (nSPS) is 12.5. The molecule has 0 aromatic carbocycles. The minimum atomic E-state index is -0.499. The average Bonchev–Trinajstić information content (AvgIpc) is 2.17. The average molecular weight is 248 g/mol. The van der Waals surface area contributed by atoms with Gasteiger partial charge in [0.05, 0.1) is 4.92 Å². The Morgan fingerprint density at radius 3 is 2.93 bits per heavy atom. The maximum Gasteiger partial charge on any atom is 0.319 e. The highest BCUT2D eigenvalue weighted by Gasteiger charge is 2.18. The Labute approximate surface area is 96.4 Å². The highest BCUT2D eigenvalue weighted by Crippen LogP contribution is 2.31. The van der Waals surface area contributed by atoms with E-state index in [4.69, 9.17) is 11.6 Å². The number of nitro groups is 1. The summed E-state index contributed by atoms with van der Waals surface area (Å²) in [5, 5.41) is 11.3. The standard InChI is InChI=1S/C8H10ClN3O2S/c1-3-5(2)15-7-6(12(13)14)4-10-8(9)11-7/h4-5H,3H2,1-2H3. The predicted molar refractivity (Wildman–Crippen MR) is 59.3 cm³/mol. The van der Waals surface area contributed by atoms with Crippen LogP contribution in [0.5, 0.6) is 0 Å². The van der Waals surface area contributed by atoms with Crippen molar-refractivity contribution >= 4 is 29.1 Å². The second kappa shape index (κ2) is 5.27. The van der Waals surface area contributed by atoms with Crippen molar-refractivity contribution in [3.05, 3.63) is 21.6 Å². The minimum Gasteiger partial charge on any atom is -0.258 e. The molecule has 0 aliphatic carbocycles. The SMILES string of the molecule is CCC(C)Sc1nc(Cl)ncc1[N+](=O)[O-]. The first kappa shape index (κ1) is 12.2. The molecule has 1 rings (SSSR count). The monoisotopic (exact) mass is 247 g/mol. The fourth-order valence-electron chi connectivity index (χ4n) is 0.825. The molecule has 0 N–H and O–H groups in total. The first-order valence-electron chi connectivity index (χ1n) is 4.38. The molecule has 5 nitrogen and oxygen atoms in total. The number of hydrogen-bond donors (Lipinski definition) is 0. The summed E-state index contributed by atoms with van der Waals surface area (Å²) in [6, 6.07) is 0. The first-order valence-corrected chi connectivity index (χ1v) is 5.64. The lowest BCUT2D eigenvalue weighted by Crippen LogP contribution is -1.99. The summed E-state index contributed by atoms with van der Waals surface area (Å²) in [4.78, 5) is 17.6. The fourth-order valence-corrected chi connectivity index (χ4v) is 1.94. The topological polar surface area (TPSA) is 68.9 Å². The van der Waals surface area contributed by atoms with Crippen LogP contribution in [0.2, 0.25) is 5.28 Å². The van der Waals surface area contributed by atoms with Crippen LogP contribution in [-0.4, -0.2) is 20.1 Å². The van der Waals surface area contributed by atoms with Crippen LogP contribution in [0.1, 0.15) is 20.3 Å². The van der Waals surface area contributed by atoms with Gasteiger partial charge in [0, 0.05) is 5.25 Å². The van der Waals surface area contributed by atoms with Crippen LogP contribution in [0.25, 0.3) is 0 Å². The van der Waals surface area contributed by atoms with E-state index in [9.17, 15) is 10.1 Å². The molecule has 0 saturated heterocycles. The van der Waals surface area contributed by atoms with Gasteiger partial charge in [0.1, 0.15) is 6.20 Å². The Hall–Kier alpha value is -0.880. The first-order chi connectivity index (χ1) is 7.04. The predicted octanol–water partition coefficient (Wildman–Crippen LogP) is 2.93. The van der Waals surface area contributed by atoms with Gasteiger partial charge in [-0.15, -0.1) is 0 Å². The number of thioether (sulfide) groups is 1. The van der Waals surface area contributed by atoms with Crippen LogP contribution in [-0.2, 0) is 0 Å². The quantitative estimate of drug-likeness (QED) is 0.269. The molecule has 82 valence electrons. The van der Waals surface area contributed by atoms with Gasteiger partial charge in [0.25, 0.3) is 0 Å². The van der Waals surface area contributed by atoms with Crippen molar-refractivity contribution in [1.82, 2.24) is 9.97 Å². The summed E-state index contributed by atoms with van der Waals surface area (Å²) in [6.45, 7) is 3.98. The van der Waals surface area contributed by atoms with Gasteiger partial charge in [-0.3, -0.25) is 10.1 Å². The van der Waals surface area contributed by atoms with Gasteiger partial charge >= 0.3 is 5.69 Å². The number of aromatic nitrogens is 2. The number of hydrogen-bond acceptors (Lipinski definition) is 5. The zero-order valence-electron chi connectivity index (χ0n) is 8.31. The van der Waals surface area contributed by atoms with Gasteiger partial charge in [-0.2, -0.15) is 0 Å². The lowest BCUT2D eigenvalue weighted by Gasteiger charge is -2.06. The molecule has 15 heavy (non-hydrogen) atoms. The fraction of sp³-hybridized carbons (Fsp3) is 0.500. The van der Waals surface area contributed by atoms with Crippen molar-refractivity contribution < 1.29 is 4.92 Å². The molecule has 0 saturated carbocycles. The number of rotatable bonds is 4. The number of nitrogens with zero attached hydrogens (tertiary/aromatic N) is 3. The molecule has 0 amide bonds. The maximum atomic E-state index is 10.7. The Kier molecular flexibility index (Phi) is 4.28. The summed E-state index contributed by atoms with van der Waals surface area (Å²) in [6.07, 6.45) is 2.05. The molecule has 1 atom stereocenters. The second-order valence-electron chi connectivity index (χ2n) is 2.92. The van der Waals surface area contributed by atoms with Crippen LogP contribution in [0.15, 0.2) is 11.2 Å². The summed E-state index contributed by atoms with van der Waals surface area (Å²) in [5.41, 5.74) is -0.0929. The van der Waals surface area contributed by atoms with Crippen molar-refractivity contribution in [3.8, 4) is 0 Å². The molecule has 1 unspecified atom stereocenters. The Morgan fingerprint density at radius 1 is 1.73 bits per heavy atom. The zero-order valence-corrected chi connectivity index (χ0v) is 9.88. The molecule has 1 aromatic heterocycles. The molecular formula is C8H10ClN3O2S. The smallest absolute Gasteiger partial charge is 0.258 e. The van der Waals surface area contributed by atoms with E-state index in [0.29, 0.717) is 5.03 Å². The van der Waals surface area contributed by atoms with Crippen molar-refractivity contribution in [3.63, 3.8) is 0 Å². The van der Waals surface area contributed by atoms with Gasteiger partial charge in [-0.05, 0) is 18.0 Å². The minimum absolute atomic E-state index is 0.0337. The lowest BCUT2D eigenvalue weighted by atomic mass is 10.4. The second-order valence-corrected chi connectivity index (χ2v) is 4.69. The van der Waals surface area contributed by atoms with Crippen molar-refractivity contribution in [2.24, 2.45) is 0 Å². The van der Waals surface area contributed by atoms with Crippen molar-refractivity contribution in [2.75, 3.05) is 0 Å². The molecule has 0 aliphatic rings. The van der Waals surface area contributed by atoms with Gasteiger partial charge < -0.3 is 0 Å². The van der Waals surface area contributed by atoms with E-state index < -0.39 is 4.92 Å². The molecule has 0 aliphatic heterocycles. The number of halogens is 1. The maximum absolute atomic E-state index is 10.7. The molecular weight excluding hydrogens is 238 g/mol. The van der Waals surface area contributed by atoms with Gasteiger partial charge in [-0.1, -0.05) is 25.6 Å². The molecule has 1 aromatic rings. The Balaban J connectivity index is 3.02. The van der Waals surface area contributed by atoms with E-state index >= 15 is 0 Å². The van der Waals surface area contributed by atoms with E-state index in [0.717, 1.165) is 12.6 Å². The summed E-state index contributed by atoms with van der Waals surface area (Å²) in [5.74, 6) is 0. The third kappa shape index (κ3) is 3.32.